The van der Waals surface area contributed by atoms with Gasteiger partial charge in [0.15, 0.2) is 0 Å². The minimum absolute atomic E-state index is 0.0511. The molecule has 0 bridgehead atoms. The molecule has 0 amide bonds. The van der Waals surface area contributed by atoms with E-state index in [1.807, 2.05) is 30.3 Å². The highest BCUT2D eigenvalue weighted by atomic mass is 16.5. The standard InChI is InChI=1S/C14H19NO2/c1-2-15-9-8-13(10-15)14(16)17-11-12-6-4-3-5-7-12/h3-7,13H,2,8-11H2,1H3. The summed E-state index contributed by atoms with van der Waals surface area (Å²) in [6.07, 6.45) is 0.932. The van der Waals surface area contributed by atoms with E-state index in [2.05, 4.69) is 11.8 Å². The molecule has 1 saturated heterocycles. The number of esters is 1. The number of ether oxygens (including phenoxy) is 1. The zero-order chi connectivity index (χ0) is 12.1. The Morgan fingerprint density at radius 3 is 2.82 bits per heavy atom. The van der Waals surface area contributed by atoms with Gasteiger partial charge < -0.3 is 9.64 Å². The predicted octanol–water partition coefficient (Wildman–Crippen LogP) is 2.07. The molecule has 0 N–H and O–H groups in total. The summed E-state index contributed by atoms with van der Waals surface area (Å²) in [5.74, 6) is 0.0171. The highest BCUT2D eigenvalue weighted by Gasteiger charge is 2.28. The van der Waals surface area contributed by atoms with Crippen molar-refractivity contribution in [3.8, 4) is 0 Å². The van der Waals surface area contributed by atoms with Crippen molar-refractivity contribution in [3.05, 3.63) is 35.9 Å². The molecule has 1 heterocycles. The Morgan fingerprint density at radius 2 is 2.18 bits per heavy atom. The summed E-state index contributed by atoms with van der Waals surface area (Å²) in [5, 5.41) is 0. The molecule has 0 radical (unpaired) electrons. The average Bonchev–Trinajstić information content (AvgIpc) is 2.86. The maximum absolute atomic E-state index is 11.8. The van der Waals surface area contributed by atoms with Crippen LogP contribution in [-0.4, -0.2) is 30.5 Å². The number of likely N-dealkylation sites (tertiary alicyclic amines) is 1. The molecule has 1 atom stereocenters. The molecule has 1 aliphatic rings. The van der Waals surface area contributed by atoms with Crippen LogP contribution in [0.25, 0.3) is 0 Å². The van der Waals surface area contributed by atoms with Crippen LogP contribution in [0.1, 0.15) is 18.9 Å². The number of nitrogens with zero attached hydrogens (tertiary/aromatic N) is 1. The summed E-state index contributed by atoms with van der Waals surface area (Å²) in [4.78, 5) is 14.1. The smallest absolute Gasteiger partial charge is 0.310 e. The second-order valence-electron chi connectivity index (χ2n) is 4.47. The first-order valence-corrected chi connectivity index (χ1v) is 6.22. The van der Waals surface area contributed by atoms with Crippen molar-refractivity contribution >= 4 is 5.97 Å². The molecule has 17 heavy (non-hydrogen) atoms. The molecule has 2 rings (SSSR count). The van der Waals surface area contributed by atoms with E-state index < -0.39 is 0 Å². The Hall–Kier alpha value is -1.35. The minimum atomic E-state index is -0.0511. The van der Waals surface area contributed by atoms with Crippen LogP contribution >= 0.6 is 0 Å². The first-order chi connectivity index (χ1) is 8.29. The van der Waals surface area contributed by atoms with E-state index in [1.165, 1.54) is 0 Å². The maximum Gasteiger partial charge on any atom is 0.310 e. The minimum Gasteiger partial charge on any atom is -0.461 e. The third-order valence-corrected chi connectivity index (χ3v) is 3.28. The first-order valence-electron chi connectivity index (χ1n) is 6.22. The molecule has 1 unspecified atom stereocenters. The third kappa shape index (κ3) is 3.30. The second kappa shape index (κ2) is 5.82. The van der Waals surface area contributed by atoms with Crippen molar-refractivity contribution in [2.45, 2.75) is 20.0 Å². The van der Waals surface area contributed by atoms with Crippen LogP contribution in [0.4, 0.5) is 0 Å². The number of carbonyl (C=O) groups excluding carboxylic acids is 1. The van der Waals surface area contributed by atoms with E-state index in [9.17, 15) is 4.79 Å². The van der Waals surface area contributed by atoms with Crippen LogP contribution in [0.15, 0.2) is 30.3 Å². The monoisotopic (exact) mass is 233 g/mol. The fourth-order valence-electron chi connectivity index (χ4n) is 2.16. The predicted molar refractivity (Wildman–Crippen MR) is 66.5 cm³/mol. The lowest BCUT2D eigenvalue weighted by molar-refractivity contribution is -0.149. The highest BCUT2D eigenvalue weighted by Crippen LogP contribution is 2.17. The van der Waals surface area contributed by atoms with Crippen LogP contribution in [0, 0.1) is 5.92 Å². The number of carbonyl (C=O) groups is 1. The topological polar surface area (TPSA) is 29.5 Å². The van der Waals surface area contributed by atoms with Crippen molar-refractivity contribution < 1.29 is 9.53 Å². The van der Waals surface area contributed by atoms with Gasteiger partial charge in [-0.3, -0.25) is 4.79 Å². The quantitative estimate of drug-likeness (QED) is 0.746. The molecule has 92 valence electrons. The van der Waals surface area contributed by atoms with Gasteiger partial charge in [-0.2, -0.15) is 0 Å². The van der Waals surface area contributed by atoms with Gasteiger partial charge in [-0.15, -0.1) is 0 Å². The summed E-state index contributed by atoms with van der Waals surface area (Å²) in [5.41, 5.74) is 1.05. The van der Waals surface area contributed by atoms with Crippen LogP contribution in [0.5, 0.6) is 0 Å². The van der Waals surface area contributed by atoms with Crippen LogP contribution < -0.4 is 0 Å². The van der Waals surface area contributed by atoms with E-state index in [0.717, 1.165) is 31.6 Å². The SMILES string of the molecule is CCN1CCC(C(=O)OCc2ccccc2)C1. The second-order valence-corrected chi connectivity index (χ2v) is 4.47. The molecule has 3 nitrogen and oxygen atoms in total. The Labute approximate surface area is 102 Å². The van der Waals surface area contributed by atoms with Gasteiger partial charge in [0.05, 0.1) is 5.92 Å². The van der Waals surface area contributed by atoms with E-state index in [-0.39, 0.29) is 11.9 Å². The lowest BCUT2D eigenvalue weighted by atomic mass is 10.1. The van der Waals surface area contributed by atoms with E-state index in [4.69, 9.17) is 4.74 Å². The summed E-state index contributed by atoms with van der Waals surface area (Å²) in [6.45, 7) is 5.40. The molecule has 0 aliphatic carbocycles. The fraction of sp³-hybridized carbons (Fsp3) is 0.500. The summed E-state index contributed by atoms with van der Waals surface area (Å²) in [6, 6.07) is 9.82. The van der Waals surface area contributed by atoms with Crippen molar-refractivity contribution in [2.24, 2.45) is 5.92 Å². The van der Waals surface area contributed by atoms with Gasteiger partial charge in [0.1, 0.15) is 6.61 Å². The average molecular weight is 233 g/mol. The number of rotatable bonds is 4. The Balaban J connectivity index is 1.78. The number of hydrogen-bond donors (Lipinski definition) is 0. The van der Waals surface area contributed by atoms with Crippen molar-refractivity contribution in [1.82, 2.24) is 4.90 Å². The van der Waals surface area contributed by atoms with Gasteiger partial charge in [0, 0.05) is 6.54 Å². The fourth-order valence-corrected chi connectivity index (χ4v) is 2.16. The van der Waals surface area contributed by atoms with Gasteiger partial charge in [-0.25, -0.2) is 0 Å². The normalized spacial score (nSPS) is 20.4. The lowest BCUT2D eigenvalue weighted by Crippen LogP contribution is -2.24. The Bertz CT molecular complexity index is 364. The molecule has 1 fully saturated rings. The molecular formula is C14H19NO2. The lowest BCUT2D eigenvalue weighted by Gasteiger charge is -2.12. The molecular weight excluding hydrogens is 214 g/mol. The molecule has 3 heteroatoms. The zero-order valence-corrected chi connectivity index (χ0v) is 10.3. The molecule has 0 aromatic heterocycles. The molecule has 1 aliphatic heterocycles. The van der Waals surface area contributed by atoms with E-state index in [0.29, 0.717) is 6.61 Å². The van der Waals surface area contributed by atoms with Gasteiger partial charge in [0.2, 0.25) is 0 Å². The zero-order valence-electron chi connectivity index (χ0n) is 10.3. The van der Waals surface area contributed by atoms with E-state index in [1.54, 1.807) is 0 Å². The first kappa shape index (κ1) is 12.1. The van der Waals surface area contributed by atoms with Crippen molar-refractivity contribution in [1.29, 1.82) is 0 Å². The molecule has 0 spiro atoms. The third-order valence-electron chi connectivity index (χ3n) is 3.28. The molecule has 1 aromatic rings. The van der Waals surface area contributed by atoms with Gasteiger partial charge in [-0.05, 0) is 25.1 Å². The van der Waals surface area contributed by atoms with Crippen molar-refractivity contribution in [3.63, 3.8) is 0 Å². The van der Waals surface area contributed by atoms with Gasteiger partial charge in [0.25, 0.3) is 0 Å². The van der Waals surface area contributed by atoms with Gasteiger partial charge >= 0.3 is 5.97 Å². The summed E-state index contributed by atoms with van der Waals surface area (Å²) in [7, 11) is 0. The van der Waals surface area contributed by atoms with Crippen LogP contribution in [0.2, 0.25) is 0 Å². The largest absolute Gasteiger partial charge is 0.461 e. The molecule has 0 saturated carbocycles. The van der Waals surface area contributed by atoms with Gasteiger partial charge in [-0.1, -0.05) is 37.3 Å². The summed E-state index contributed by atoms with van der Waals surface area (Å²) < 4.78 is 5.34. The highest BCUT2D eigenvalue weighted by molar-refractivity contribution is 5.73. The number of hydrogen-bond acceptors (Lipinski definition) is 3. The van der Waals surface area contributed by atoms with Crippen LogP contribution in [0.3, 0.4) is 0 Å². The van der Waals surface area contributed by atoms with Crippen LogP contribution in [-0.2, 0) is 16.1 Å². The van der Waals surface area contributed by atoms with E-state index >= 15 is 0 Å². The Kier molecular flexibility index (Phi) is 4.15. The molecule has 1 aromatic carbocycles. The Morgan fingerprint density at radius 1 is 1.41 bits per heavy atom. The summed E-state index contributed by atoms with van der Waals surface area (Å²) >= 11 is 0. The van der Waals surface area contributed by atoms with Crippen molar-refractivity contribution in [2.75, 3.05) is 19.6 Å². The maximum atomic E-state index is 11.8. The number of benzene rings is 1.